The van der Waals surface area contributed by atoms with E-state index in [1.54, 1.807) is 0 Å². The van der Waals surface area contributed by atoms with Crippen LogP contribution in [0.4, 0.5) is 11.4 Å². The fourth-order valence-corrected chi connectivity index (χ4v) is 15.9. The zero-order chi connectivity index (χ0) is 56.4. The quantitative estimate of drug-likeness (QED) is 0.142. The average Bonchev–Trinajstić information content (AvgIpc) is 1.66. The SMILES string of the molecule is C=C/C=C(\C1=C(C)C2(c3ccccc3Oc3ccccc32)c2ccccc21)N(c1ccc(-c2ccc3c(c2)C2(c4ccccc4Oc4ccccc42)c2ccccc2-3)cc1)c1ccc2c(c1)C(c1ccccc1)(c1ccccc1)c1ccccc1-2. The minimum atomic E-state index is -0.654. The van der Waals surface area contributed by atoms with E-state index in [1.807, 2.05) is 6.08 Å². The van der Waals surface area contributed by atoms with Crippen molar-refractivity contribution in [3.63, 3.8) is 0 Å². The Morgan fingerprint density at radius 2 is 0.706 bits per heavy atom. The Balaban J connectivity index is 0.898. The van der Waals surface area contributed by atoms with Crippen LogP contribution in [0.5, 0.6) is 23.0 Å². The fourth-order valence-electron chi connectivity index (χ4n) is 15.9. The Kier molecular flexibility index (Phi) is 10.7. The molecular formula is C82H55NO2. The molecule has 0 saturated carbocycles. The van der Waals surface area contributed by atoms with Crippen molar-refractivity contribution in [2.75, 3.05) is 4.90 Å². The lowest BCUT2D eigenvalue weighted by Crippen LogP contribution is -2.32. The first-order valence-electron chi connectivity index (χ1n) is 29.4. The van der Waals surface area contributed by atoms with Gasteiger partial charge in [-0.1, -0.05) is 249 Å². The molecule has 3 aliphatic carbocycles. The number of allylic oxidation sites excluding steroid dienone is 4. The van der Waals surface area contributed by atoms with Crippen molar-refractivity contribution in [1.29, 1.82) is 0 Å². The molecule has 0 aromatic heterocycles. The van der Waals surface area contributed by atoms with E-state index in [0.717, 1.165) is 79.0 Å². The number of hydrogen-bond acceptors (Lipinski definition) is 3. The molecule has 5 aliphatic rings. The third-order valence-electron chi connectivity index (χ3n) is 19.1. The van der Waals surface area contributed by atoms with Crippen molar-refractivity contribution in [2.24, 2.45) is 0 Å². The lowest BCUT2D eigenvalue weighted by Gasteiger charge is -2.40. The summed E-state index contributed by atoms with van der Waals surface area (Å²) in [6, 6.07) is 107. The van der Waals surface area contributed by atoms with Gasteiger partial charge in [0.1, 0.15) is 23.0 Å². The first-order valence-corrected chi connectivity index (χ1v) is 29.4. The number of benzene rings is 12. The van der Waals surface area contributed by atoms with Gasteiger partial charge in [0.2, 0.25) is 0 Å². The van der Waals surface area contributed by atoms with E-state index in [2.05, 4.69) is 316 Å². The largest absolute Gasteiger partial charge is 0.457 e. The maximum atomic E-state index is 6.80. The first-order chi connectivity index (χ1) is 42.0. The van der Waals surface area contributed by atoms with Gasteiger partial charge in [0.25, 0.3) is 0 Å². The molecule has 2 heterocycles. The average molecular weight is 1090 g/mol. The highest BCUT2D eigenvalue weighted by atomic mass is 16.5. The molecule has 0 unspecified atom stereocenters. The molecule has 0 radical (unpaired) electrons. The van der Waals surface area contributed by atoms with Crippen LogP contribution in [0.25, 0.3) is 39.0 Å². The molecule has 400 valence electrons. The number of para-hydroxylation sites is 4. The van der Waals surface area contributed by atoms with Crippen LogP contribution >= 0.6 is 0 Å². The summed E-state index contributed by atoms with van der Waals surface area (Å²) < 4.78 is 13.5. The number of hydrogen-bond donors (Lipinski definition) is 0. The van der Waals surface area contributed by atoms with Gasteiger partial charge in [-0.3, -0.25) is 0 Å². The molecule has 0 atom stereocenters. The van der Waals surface area contributed by atoms with Crippen molar-refractivity contribution in [2.45, 2.75) is 23.2 Å². The summed E-state index contributed by atoms with van der Waals surface area (Å²) in [5.74, 6) is 3.49. The lowest BCUT2D eigenvalue weighted by atomic mass is 9.65. The van der Waals surface area contributed by atoms with Crippen LogP contribution in [-0.4, -0.2) is 0 Å². The minimum absolute atomic E-state index is 0.581. The topological polar surface area (TPSA) is 21.7 Å². The molecule has 85 heavy (non-hydrogen) atoms. The number of rotatable bonds is 8. The zero-order valence-electron chi connectivity index (χ0n) is 46.8. The molecule has 2 aliphatic heterocycles. The van der Waals surface area contributed by atoms with E-state index in [9.17, 15) is 0 Å². The Hall–Kier alpha value is -10.7. The van der Waals surface area contributed by atoms with Crippen LogP contribution in [0.15, 0.2) is 321 Å². The number of fused-ring (bicyclic) bond motifs is 18. The van der Waals surface area contributed by atoms with Crippen LogP contribution in [-0.2, 0) is 16.2 Å². The van der Waals surface area contributed by atoms with Gasteiger partial charge in [-0.05, 0) is 151 Å². The molecule has 0 saturated heterocycles. The van der Waals surface area contributed by atoms with Gasteiger partial charge in [0.05, 0.1) is 21.9 Å². The van der Waals surface area contributed by atoms with E-state index >= 15 is 0 Å². The van der Waals surface area contributed by atoms with Gasteiger partial charge < -0.3 is 14.4 Å². The van der Waals surface area contributed by atoms with Crippen molar-refractivity contribution >= 4 is 16.9 Å². The first kappa shape index (κ1) is 48.9. The van der Waals surface area contributed by atoms with Crippen molar-refractivity contribution in [3.8, 4) is 56.4 Å². The minimum Gasteiger partial charge on any atom is -0.457 e. The summed E-state index contributed by atoms with van der Waals surface area (Å²) >= 11 is 0. The van der Waals surface area contributed by atoms with Gasteiger partial charge in [-0.2, -0.15) is 0 Å². The molecule has 0 amide bonds. The summed E-state index contributed by atoms with van der Waals surface area (Å²) in [5, 5.41) is 0. The third-order valence-corrected chi connectivity index (χ3v) is 19.1. The predicted octanol–water partition coefficient (Wildman–Crippen LogP) is 20.3. The van der Waals surface area contributed by atoms with E-state index in [1.165, 1.54) is 72.3 Å². The van der Waals surface area contributed by atoms with E-state index in [0.29, 0.717) is 0 Å². The number of anilines is 2. The Morgan fingerprint density at radius 3 is 1.22 bits per heavy atom. The van der Waals surface area contributed by atoms with Gasteiger partial charge in [-0.25, -0.2) is 0 Å². The molecule has 3 nitrogen and oxygen atoms in total. The van der Waals surface area contributed by atoms with Crippen LogP contribution in [0, 0.1) is 0 Å². The second kappa shape index (κ2) is 18.6. The van der Waals surface area contributed by atoms with Crippen LogP contribution < -0.4 is 14.4 Å². The Bertz CT molecular complexity index is 4680. The lowest BCUT2D eigenvalue weighted by molar-refractivity contribution is 0.434. The highest BCUT2D eigenvalue weighted by molar-refractivity contribution is 5.99. The fraction of sp³-hybridized carbons (Fsp3) is 0.0488. The summed E-state index contributed by atoms with van der Waals surface area (Å²) in [4.78, 5) is 2.49. The number of ether oxygens (including phenoxy) is 2. The van der Waals surface area contributed by atoms with E-state index < -0.39 is 16.2 Å². The maximum absolute atomic E-state index is 6.80. The molecule has 12 aromatic rings. The Morgan fingerprint density at radius 1 is 0.329 bits per heavy atom. The third kappa shape index (κ3) is 6.61. The highest BCUT2D eigenvalue weighted by Crippen LogP contribution is 2.65. The zero-order valence-corrected chi connectivity index (χ0v) is 46.8. The second-order valence-corrected chi connectivity index (χ2v) is 23.0. The van der Waals surface area contributed by atoms with Gasteiger partial charge in [-0.15, -0.1) is 0 Å². The molecule has 0 bridgehead atoms. The maximum Gasteiger partial charge on any atom is 0.132 e. The normalized spacial score (nSPS) is 15.2. The molecule has 3 heteroatoms. The monoisotopic (exact) mass is 1090 g/mol. The Labute approximate surface area is 496 Å². The summed E-state index contributed by atoms with van der Waals surface area (Å²) in [6.07, 6.45) is 4.19. The molecule has 17 rings (SSSR count). The number of nitrogens with zero attached hydrogens (tertiary/aromatic N) is 1. The van der Waals surface area contributed by atoms with Crippen LogP contribution in [0.3, 0.4) is 0 Å². The van der Waals surface area contributed by atoms with E-state index in [-0.39, 0.29) is 0 Å². The summed E-state index contributed by atoms with van der Waals surface area (Å²) in [5.41, 5.74) is 25.2. The predicted molar refractivity (Wildman–Crippen MR) is 345 cm³/mol. The van der Waals surface area contributed by atoms with Gasteiger partial charge >= 0.3 is 0 Å². The van der Waals surface area contributed by atoms with Crippen molar-refractivity contribution in [1.82, 2.24) is 0 Å². The highest BCUT2D eigenvalue weighted by Gasteiger charge is 2.54. The van der Waals surface area contributed by atoms with Crippen LogP contribution in [0.2, 0.25) is 0 Å². The van der Waals surface area contributed by atoms with Gasteiger partial charge in [0.15, 0.2) is 0 Å². The molecule has 0 fully saturated rings. The standard InChI is InChI=1S/C82H55NO2/c1-3-24-74(79-53(2)80(67-34-15-12-31-64(67)79)68-35-16-20-39-75(68)84-76-40-21-17-36-69(76)80)83(59-48-50-63-60-29-10-13-32-65(60)81(73(63)52-59,56-25-6-4-7-26-56)57-27-8-5-9-28-57)58-46-43-54(44-47-58)55-45-49-62-61-30-11-14-33-66(61)82(72(62)51-55)70-37-18-22-41-77(70)85-78-42-23-19-38-71(78)82/h3-52H,1H2,2H3/b74-24+. The van der Waals surface area contributed by atoms with Gasteiger partial charge in [0, 0.05) is 39.2 Å². The van der Waals surface area contributed by atoms with Crippen molar-refractivity contribution < 1.29 is 9.47 Å². The molecule has 2 spiro atoms. The molecule has 12 aromatic carbocycles. The smallest absolute Gasteiger partial charge is 0.132 e. The van der Waals surface area contributed by atoms with Crippen molar-refractivity contribution in [3.05, 3.63) is 388 Å². The van der Waals surface area contributed by atoms with Crippen LogP contribution in [0.1, 0.15) is 73.7 Å². The second-order valence-electron chi connectivity index (χ2n) is 23.0. The summed E-state index contributed by atoms with van der Waals surface area (Å²) in [7, 11) is 0. The van der Waals surface area contributed by atoms with E-state index in [4.69, 9.17) is 9.47 Å². The molecular weight excluding hydrogens is 1030 g/mol. The summed E-state index contributed by atoms with van der Waals surface area (Å²) in [6.45, 7) is 6.84. The molecule has 0 N–H and O–H groups in total.